The molecule has 160 valence electrons. The average Bonchev–Trinajstić information content (AvgIpc) is 3.05. The fraction of sp³-hybridized carbons (Fsp3) is 0.174. The van der Waals surface area contributed by atoms with Crippen LogP contribution in [0.3, 0.4) is 0 Å². The smallest absolute Gasteiger partial charge is 0.337 e. The molecule has 3 aromatic rings. The van der Waals surface area contributed by atoms with Gasteiger partial charge in [-0.1, -0.05) is 24.3 Å². The Morgan fingerprint density at radius 3 is 2.48 bits per heavy atom. The standard InChI is InChI=1S/C23H23N3O5/c1-15-12-17(16(2)26(15)19-9-5-4-8-18(19)23(28)29)13-24-25-22(27)14-31-21-11-7-6-10-20(21)30-3/h4-13H,14H2,1-3H3,(H,25,27)(H,28,29)/b24-13+. The van der Waals surface area contributed by atoms with E-state index in [1.807, 2.05) is 24.5 Å². The minimum atomic E-state index is -0.999. The van der Waals surface area contributed by atoms with E-state index in [2.05, 4.69) is 10.5 Å². The molecule has 1 aromatic heterocycles. The zero-order valence-electron chi connectivity index (χ0n) is 17.5. The quantitative estimate of drug-likeness (QED) is 0.429. The summed E-state index contributed by atoms with van der Waals surface area (Å²) < 4.78 is 12.5. The van der Waals surface area contributed by atoms with Crippen molar-refractivity contribution in [2.24, 2.45) is 5.10 Å². The molecule has 2 N–H and O–H groups in total. The first-order chi connectivity index (χ1) is 14.9. The number of nitrogens with zero attached hydrogens (tertiary/aromatic N) is 2. The van der Waals surface area contributed by atoms with E-state index in [0.717, 1.165) is 17.0 Å². The molecule has 0 radical (unpaired) electrons. The van der Waals surface area contributed by atoms with Gasteiger partial charge in [0.25, 0.3) is 5.91 Å². The predicted octanol–water partition coefficient (Wildman–Crippen LogP) is 3.33. The van der Waals surface area contributed by atoms with Gasteiger partial charge in [-0.15, -0.1) is 0 Å². The van der Waals surface area contributed by atoms with Gasteiger partial charge in [0.2, 0.25) is 0 Å². The van der Waals surface area contributed by atoms with Gasteiger partial charge in [-0.05, 0) is 44.2 Å². The van der Waals surface area contributed by atoms with Crippen LogP contribution in [0.25, 0.3) is 5.69 Å². The zero-order chi connectivity index (χ0) is 22.4. The van der Waals surface area contributed by atoms with Crippen molar-refractivity contribution >= 4 is 18.1 Å². The lowest BCUT2D eigenvalue weighted by Gasteiger charge is -2.12. The molecule has 0 aliphatic carbocycles. The maximum Gasteiger partial charge on any atom is 0.337 e. The molecule has 8 heteroatoms. The summed E-state index contributed by atoms with van der Waals surface area (Å²) in [5, 5.41) is 13.5. The minimum absolute atomic E-state index is 0.203. The first-order valence-corrected chi connectivity index (χ1v) is 9.51. The number of aryl methyl sites for hydroxylation is 1. The minimum Gasteiger partial charge on any atom is -0.493 e. The average molecular weight is 421 g/mol. The number of benzene rings is 2. The fourth-order valence-corrected chi connectivity index (χ4v) is 3.23. The fourth-order valence-electron chi connectivity index (χ4n) is 3.23. The Morgan fingerprint density at radius 2 is 1.77 bits per heavy atom. The van der Waals surface area contributed by atoms with Crippen LogP contribution in [0.1, 0.15) is 27.3 Å². The topological polar surface area (TPSA) is 102 Å². The Morgan fingerprint density at radius 1 is 1.10 bits per heavy atom. The van der Waals surface area contributed by atoms with Gasteiger partial charge in [-0.25, -0.2) is 10.2 Å². The number of para-hydroxylation sites is 3. The van der Waals surface area contributed by atoms with Gasteiger partial charge >= 0.3 is 5.97 Å². The molecule has 0 aliphatic heterocycles. The molecule has 0 aliphatic rings. The Labute approximate surface area is 179 Å². The summed E-state index contributed by atoms with van der Waals surface area (Å²) >= 11 is 0. The second-order valence-corrected chi connectivity index (χ2v) is 6.72. The second-order valence-electron chi connectivity index (χ2n) is 6.72. The number of carboxylic acid groups (broad SMARTS) is 1. The monoisotopic (exact) mass is 421 g/mol. The third-order valence-electron chi connectivity index (χ3n) is 4.67. The third-order valence-corrected chi connectivity index (χ3v) is 4.67. The second kappa shape index (κ2) is 9.62. The van der Waals surface area contributed by atoms with E-state index in [9.17, 15) is 14.7 Å². The van der Waals surface area contributed by atoms with Crippen LogP contribution in [-0.2, 0) is 4.79 Å². The van der Waals surface area contributed by atoms with Crippen LogP contribution in [0.2, 0.25) is 0 Å². The highest BCUT2D eigenvalue weighted by Crippen LogP contribution is 2.25. The van der Waals surface area contributed by atoms with Gasteiger partial charge in [0.15, 0.2) is 18.1 Å². The molecule has 0 bridgehead atoms. The van der Waals surface area contributed by atoms with Gasteiger partial charge in [-0.2, -0.15) is 5.10 Å². The summed E-state index contributed by atoms with van der Waals surface area (Å²) in [7, 11) is 1.53. The molecular weight excluding hydrogens is 398 g/mol. The van der Waals surface area contributed by atoms with E-state index in [4.69, 9.17) is 9.47 Å². The van der Waals surface area contributed by atoms with Crippen LogP contribution >= 0.6 is 0 Å². The van der Waals surface area contributed by atoms with Crippen molar-refractivity contribution < 1.29 is 24.2 Å². The van der Waals surface area contributed by atoms with Crippen LogP contribution in [0, 0.1) is 13.8 Å². The van der Waals surface area contributed by atoms with Crippen molar-refractivity contribution in [2.45, 2.75) is 13.8 Å². The molecule has 2 aromatic carbocycles. The van der Waals surface area contributed by atoms with Crippen molar-refractivity contribution in [3.05, 3.63) is 77.1 Å². The molecular formula is C23H23N3O5. The molecule has 0 spiro atoms. The SMILES string of the molecule is COc1ccccc1OCC(=O)N/N=C/c1cc(C)n(-c2ccccc2C(=O)O)c1C. The molecule has 8 nitrogen and oxygen atoms in total. The number of aromatic nitrogens is 1. The van der Waals surface area contributed by atoms with Gasteiger partial charge in [0.1, 0.15) is 0 Å². The summed E-state index contributed by atoms with van der Waals surface area (Å²) in [5.74, 6) is -0.425. The number of aromatic carboxylic acids is 1. The number of carboxylic acids is 1. The lowest BCUT2D eigenvalue weighted by molar-refractivity contribution is -0.123. The highest BCUT2D eigenvalue weighted by molar-refractivity contribution is 5.92. The first-order valence-electron chi connectivity index (χ1n) is 9.51. The van der Waals surface area contributed by atoms with Crippen LogP contribution < -0.4 is 14.9 Å². The first kappa shape index (κ1) is 21.6. The molecule has 1 amide bonds. The summed E-state index contributed by atoms with van der Waals surface area (Å²) in [6, 6.07) is 15.7. The number of nitrogens with one attached hydrogen (secondary N) is 1. The van der Waals surface area contributed by atoms with Gasteiger partial charge in [0, 0.05) is 17.0 Å². The molecule has 0 fully saturated rings. The summed E-state index contributed by atoms with van der Waals surface area (Å²) in [6.45, 7) is 3.52. The number of ether oxygens (including phenoxy) is 2. The summed E-state index contributed by atoms with van der Waals surface area (Å²) in [5.41, 5.74) is 5.60. The molecule has 0 atom stereocenters. The van der Waals surface area contributed by atoms with Gasteiger partial charge in [0.05, 0.1) is 24.6 Å². The maximum atomic E-state index is 12.0. The maximum absolute atomic E-state index is 12.0. The summed E-state index contributed by atoms with van der Waals surface area (Å²) in [6.07, 6.45) is 1.52. The predicted molar refractivity (Wildman–Crippen MR) is 116 cm³/mol. The Hall–Kier alpha value is -4.07. The van der Waals surface area contributed by atoms with E-state index in [1.54, 1.807) is 48.5 Å². The molecule has 3 rings (SSSR count). The van der Waals surface area contributed by atoms with E-state index < -0.39 is 11.9 Å². The van der Waals surface area contributed by atoms with Gasteiger partial charge in [-0.3, -0.25) is 4.79 Å². The number of amides is 1. The lowest BCUT2D eigenvalue weighted by atomic mass is 10.1. The van der Waals surface area contributed by atoms with E-state index >= 15 is 0 Å². The molecule has 0 unspecified atom stereocenters. The highest BCUT2D eigenvalue weighted by atomic mass is 16.5. The molecule has 0 saturated heterocycles. The van der Waals surface area contributed by atoms with E-state index in [0.29, 0.717) is 17.2 Å². The summed E-state index contributed by atoms with van der Waals surface area (Å²) in [4.78, 5) is 23.6. The lowest BCUT2D eigenvalue weighted by Crippen LogP contribution is -2.24. The van der Waals surface area contributed by atoms with Crippen molar-refractivity contribution in [3.8, 4) is 17.2 Å². The van der Waals surface area contributed by atoms with Crippen LogP contribution in [0.4, 0.5) is 0 Å². The normalized spacial score (nSPS) is 10.8. The van der Waals surface area contributed by atoms with Crippen LogP contribution in [-0.4, -0.2) is 41.5 Å². The number of rotatable bonds is 8. The Kier molecular flexibility index (Phi) is 6.71. The highest BCUT2D eigenvalue weighted by Gasteiger charge is 2.16. The molecule has 31 heavy (non-hydrogen) atoms. The Balaban J connectivity index is 1.69. The number of methoxy groups -OCH3 is 1. The van der Waals surface area contributed by atoms with E-state index in [1.165, 1.54) is 13.3 Å². The number of hydrogen-bond acceptors (Lipinski definition) is 5. The number of hydrazone groups is 1. The van der Waals surface area contributed by atoms with Crippen molar-refractivity contribution in [3.63, 3.8) is 0 Å². The van der Waals surface area contributed by atoms with Crippen molar-refractivity contribution in [1.29, 1.82) is 0 Å². The van der Waals surface area contributed by atoms with E-state index in [-0.39, 0.29) is 12.2 Å². The Bertz CT molecular complexity index is 1130. The van der Waals surface area contributed by atoms with Crippen molar-refractivity contribution in [1.82, 2.24) is 9.99 Å². The van der Waals surface area contributed by atoms with Crippen LogP contribution in [0.15, 0.2) is 59.7 Å². The van der Waals surface area contributed by atoms with Crippen LogP contribution in [0.5, 0.6) is 11.5 Å². The van der Waals surface area contributed by atoms with Crippen molar-refractivity contribution in [2.75, 3.05) is 13.7 Å². The number of carbonyl (C=O) groups is 2. The zero-order valence-corrected chi connectivity index (χ0v) is 17.5. The number of carbonyl (C=O) groups excluding carboxylic acids is 1. The third kappa shape index (κ3) is 4.92. The molecule has 0 saturated carbocycles. The van der Waals surface area contributed by atoms with Gasteiger partial charge < -0.3 is 19.1 Å². The number of hydrogen-bond donors (Lipinski definition) is 2. The molecule has 1 heterocycles. The largest absolute Gasteiger partial charge is 0.493 e.